The van der Waals surface area contributed by atoms with E-state index in [0.717, 1.165) is 4.90 Å². The average Bonchev–Trinajstić information content (AvgIpc) is 2.39. The van der Waals surface area contributed by atoms with E-state index in [1.807, 2.05) is 0 Å². The van der Waals surface area contributed by atoms with Crippen LogP contribution in [0.25, 0.3) is 0 Å². The molecule has 0 spiro atoms. The fraction of sp³-hybridized carbons (Fsp3) is 0.556. The van der Waals surface area contributed by atoms with Gasteiger partial charge in [0.05, 0.1) is 5.75 Å². The Hall–Kier alpha value is -1.17. The second kappa shape index (κ2) is 4.14. The van der Waals surface area contributed by atoms with E-state index in [4.69, 9.17) is 0 Å². The Morgan fingerprint density at radius 3 is 2.33 bits per heavy atom. The third-order valence-corrected chi connectivity index (χ3v) is 3.94. The zero-order chi connectivity index (χ0) is 11.6. The van der Waals surface area contributed by atoms with Gasteiger partial charge < -0.3 is 0 Å². The van der Waals surface area contributed by atoms with Crippen LogP contribution in [0.4, 0.5) is 0 Å². The van der Waals surface area contributed by atoms with Crippen LogP contribution in [0.1, 0.15) is 13.8 Å². The van der Waals surface area contributed by atoms with Crippen LogP contribution in [0.5, 0.6) is 0 Å². The minimum Gasteiger partial charge on any atom is -0.274 e. The van der Waals surface area contributed by atoms with Gasteiger partial charge in [-0.2, -0.15) is 0 Å². The molecule has 5 nitrogen and oxygen atoms in total. The number of nitrogens with zero attached hydrogens (tertiary/aromatic N) is 1. The lowest BCUT2D eigenvalue weighted by Gasteiger charge is -2.13. The van der Waals surface area contributed by atoms with Crippen molar-refractivity contribution in [3.8, 4) is 0 Å². The molecule has 1 aliphatic rings. The minimum absolute atomic E-state index is 0.0234. The third kappa shape index (κ3) is 2.65. The molecule has 0 unspecified atom stereocenters. The molecule has 0 atom stereocenters. The predicted molar refractivity (Wildman–Crippen MR) is 54.8 cm³/mol. The molecule has 0 N–H and O–H groups in total. The first kappa shape index (κ1) is 11.9. The van der Waals surface area contributed by atoms with Crippen molar-refractivity contribution in [1.29, 1.82) is 0 Å². The zero-order valence-corrected chi connectivity index (χ0v) is 9.50. The van der Waals surface area contributed by atoms with E-state index < -0.39 is 21.7 Å². The molecular formula is C9H13NO4S. The van der Waals surface area contributed by atoms with E-state index >= 15 is 0 Å². The van der Waals surface area contributed by atoms with Gasteiger partial charge in [0.25, 0.3) is 11.8 Å². The number of hydrogen-bond acceptors (Lipinski definition) is 4. The molecule has 0 fully saturated rings. The average molecular weight is 231 g/mol. The lowest BCUT2D eigenvalue weighted by Crippen LogP contribution is -2.35. The van der Waals surface area contributed by atoms with Crippen molar-refractivity contribution in [2.75, 3.05) is 18.1 Å². The monoisotopic (exact) mass is 231 g/mol. The maximum atomic E-state index is 11.4. The van der Waals surface area contributed by atoms with Crippen molar-refractivity contribution in [3.05, 3.63) is 11.6 Å². The number of hydrogen-bond donors (Lipinski definition) is 0. The first-order valence-corrected chi connectivity index (χ1v) is 6.44. The lowest BCUT2D eigenvalue weighted by atomic mass is 10.3. The third-order valence-electron chi connectivity index (χ3n) is 2.25. The van der Waals surface area contributed by atoms with E-state index in [-0.39, 0.29) is 18.1 Å². The maximum absolute atomic E-state index is 11.4. The molecule has 0 bridgehead atoms. The summed E-state index contributed by atoms with van der Waals surface area (Å²) in [5.74, 6) is -0.965. The van der Waals surface area contributed by atoms with Crippen LogP contribution in [0.2, 0.25) is 0 Å². The Labute approximate surface area is 88.7 Å². The number of amides is 2. The molecule has 15 heavy (non-hydrogen) atoms. The van der Waals surface area contributed by atoms with E-state index in [9.17, 15) is 18.0 Å². The molecule has 1 rings (SSSR count). The summed E-state index contributed by atoms with van der Waals surface area (Å²) in [4.78, 5) is 23.6. The van der Waals surface area contributed by atoms with Crippen LogP contribution in [0.15, 0.2) is 11.6 Å². The molecule has 0 aliphatic carbocycles. The molecule has 0 aromatic rings. The molecule has 84 valence electrons. The van der Waals surface area contributed by atoms with Crippen LogP contribution >= 0.6 is 0 Å². The van der Waals surface area contributed by atoms with Gasteiger partial charge in [0.15, 0.2) is 9.84 Å². The predicted octanol–water partition coefficient (Wildman–Crippen LogP) is -0.264. The van der Waals surface area contributed by atoms with Gasteiger partial charge in [0.1, 0.15) is 0 Å². The van der Waals surface area contributed by atoms with Crippen molar-refractivity contribution in [1.82, 2.24) is 4.90 Å². The summed E-state index contributed by atoms with van der Waals surface area (Å²) < 4.78 is 22.4. The standard InChI is InChI=1S/C9H13NO4S/c1-3-15(13,14)5-4-10-8(11)6-7(2)9(10)12/h6H,3-5H2,1-2H3. The number of carbonyl (C=O) groups excluding carboxylic acids is 2. The SMILES string of the molecule is CCS(=O)(=O)CCN1C(=O)C=C(C)C1=O. The molecule has 0 radical (unpaired) electrons. The highest BCUT2D eigenvalue weighted by Gasteiger charge is 2.28. The highest BCUT2D eigenvalue weighted by atomic mass is 32.2. The van der Waals surface area contributed by atoms with E-state index in [1.54, 1.807) is 0 Å². The second-order valence-corrected chi connectivity index (χ2v) is 5.83. The van der Waals surface area contributed by atoms with Crippen molar-refractivity contribution in [2.24, 2.45) is 0 Å². The van der Waals surface area contributed by atoms with Gasteiger partial charge >= 0.3 is 0 Å². The van der Waals surface area contributed by atoms with Crippen molar-refractivity contribution in [3.63, 3.8) is 0 Å². The van der Waals surface area contributed by atoms with E-state index in [2.05, 4.69) is 0 Å². The Morgan fingerprint density at radius 1 is 1.33 bits per heavy atom. The summed E-state index contributed by atoms with van der Waals surface area (Å²) >= 11 is 0. The fourth-order valence-electron chi connectivity index (χ4n) is 1.22. The van der Waals surface area contributed by atoms with Crippen molar-refractivity contribution in [2.45, 2.75) is 13.8 Å². The summed E-state index contributed by atoms with van der Waals surface area (Å²) in [6, 6.07) is 0. The normalized spacial score (nSPS) is 17.2. The Morgan fingerprint density at radius 2 is 1.93 bits per heavy atom. The Kier molecular flexibility index (Phi) is 3.28. The lowest BCUT2D eigenvalue weighted by molar-refractivity contribution is -0.136. The van der Waals surface area contributed by atoms with E-state index in [1.165, 1.54) is 19.9 Å². The van der Waals surface area contributed by atoms with Crippen LogP contribution in [-0.2, 0) is 19.4 Å². The van der Waals surface area contributed by atoms with Gasteiger partial charge in [-0.05, 0) is 6.92 Å². The summed E-state index contributed by atoms with van der Waals surface area (Å²) in [5.41, 5.74) is 0.355. The topological polar surface area (TPSA) is 71.5 Å². The highest BCUT2D eigenvalue weighted by molar-refractivity contribution is 7.91. The largest absolute Gasteiger partial charge is 0.274 e. The van der Waals surface area contributed by atoms with E-state index in [0.29, 0.717) is 5.57 Å². The first-order chi connectivity index (χ1) is 6.87. The number of rotatable bonds is 4. The Bertz CT molecular complexity index is 421. The number of sulfone groups is 1. The molecule has 2 amide bonds. The van der Waals surface area contributed by atoms with Gasteiger partial charge in [-0.3, -0.25) is 14.5 Å². The molecule has 1 aliphatic heterocycles. The van der Waals surface area contributed by atoms with Crippen LogP contribution < -0.4 is 0 Å². The van der Waals surface area contributed by atoms with Gasteiger partial charge in [-0.25, -0.2) is 8.42 Å². The summed E-state index contributed by atoms with van der Waals surface area (Å²) in [5, 5.41) is 0. The van der Waals surface area contributed by atoms with Crippen molar-refractivity contribution < 1.29 is 18.0 Å². The molecular weight excluding hydrogens is 218 g/mol. The summed E-state index contributed by atoms with van der Waals surface area (Å²) in [6.45, 7) is 3.02. The maximum Gasteiger partial charge on any atom is 0.256 e. The molecule has 0 saturated heterocycles. The van der Waals surface area contributed by atoms with Gasteiger partial charge in [-0.15, -0.1) is 0 Å². The molecule has 0 saturated carbocycles. The van der Waals surface area contributed by atoms with Gasteiger partial charge in [0, 0.05) is 23.9 Å². The zero-order valence-electron chi connectivity index (χ0n) is 8.69. The molecule has 6 heteroatoms. The summed E-state index contributed by atoms with van der Waals surface area (Å²) in [6.07, 6.45) is 1.22. The minimum atomic E-state index is -3.14. The number of imide groups is 1. The molecule has 0 aromatic carbocycles. The highest BCUT2D eigenvalue weighted by Crippen LogP contribution is 2.11. The quantitative estimate of drug-likeness (QED) is 0.625. The van der Waals surface area contributed by atoms with Gasteiger partial charge in [0.2, 0.25) is 0 Å². The molecule has 0 aromatic heterocycles. The Balaban J connectivity index is 2.63. The van der Waals surface area contributed by atoms with Crippen LogP contribution in [0.3, 0.4) is 0 Å². The molecule has 1 heterocycles. The summed E-state index contributed by atoms with van der Waals surface area (Å²) in [7, 11) is -3.14. The fourth-order valence-corrected chi connectivity index (χ4v) is 1.97. The number of carbonyl (C=O) groups is 2. The van der Waals surface area contributed by atoms with Crippen LogP contribution in [-0.4, -0.2) is 43.2 Å². The smallest absolute Gasteiger partial charge is 0.256 e. The van der Waals surface area contributed by atoms with Crippen molar-refractivity contribution >= 4 is 21.7 Å². The first-order valence-electron chi connectivity index (χ1n) is 4.62. The second-order valence-electron chi connectivity index (χ2n) is 3.36. The van der Waals surface area contributed by atoms with Gasteiger partial charge in [-0.1, -0.05) is 6.92 Å². The van der Waals surface area contributed by atoms with Crippen LogP contribution in [0, 0.1) is 0 Å².